The molecule has 2 aromatic heterocycles. The van der Waals surface area contributed by atoms with E-state index in [-0.39, 0.29) is 29.7 Å². The zero-order valence-electron chi connectivity index (χ0n) is 31.0. The molecular formula is C39H48N8O6. The number of nitrogens with zero attached hydrogens (tertiary/aromatic N) is 3. The SMILES string of the molecule is COC(=O)NC(C(=O)NC1(c2ncc(-c3ccc(-c4ccc(-c5cnc(C6CCCN6C(=O)C(NC(=O)OC)C(C)C)[nH]5)cc4)cc3)[nH]2)CC1)C(C)C. The van der Waals surface area contributed by atoms with Crippen molar-refractivity contribution in [3.63, 3.8) is 0 Å². The average Bonchev–Trinajstić information content (AvgIpc) is 3.57. The van der Waals surface area contributed by atoms with Crippen molar-refractivity contribution >= 4 is 24.0 Å². The highest BCUT2D eigenvalue weighted by atomic mass is 16.5. The fourth-order valence-corrected chi connectivity index (χ4v) is 6.82. The van der Waals surface area contributed by atoms with Crippen LogP contribution in [0.4, 0.5) is 9.59 Å². The number of ether oxygens (including phenoxy) is 2. The normalized spacial score (nSPS) is 17.3. The zero-order chi connectivity index (χ0) is 37.9. The van der Waals surface area contributed by atoms with Crippen LogP contribution in [0.5, 0.6) is 0 Å². The van der Waals surface area contributed by atoms with Gasteiger partial charge in [0.15, 0.2) is 0 Å². The van der Waals surface area contributed by atoms with Crippen LogP contribution in [-0.4, -0.2) is 81.7 Å². The first-order chi connectivity index (χ1) is 25.4. The van der Waals surface area contributed by atoms with Crippen LogP contribution in [-0.2, 0) is 24.6 Å². The Morgan fingerprint density at radius 1 is 0.755 bits per heavy atom. The van der Waals surface area contributed by atoms with Crippen molar-refractivity contribution in [2.24, 2.45) is 11.8 Å². The van der Waals surface area contributed by atoms with Gasteiger partial charge in [-0.25, -0.2) is 19.6 Å². The van der Waals surface area contributed by atoms with E-state index in [0.717, 1.165) is 65.1 Å². The Balaban J connectivity index is 1.10. The van der Waals surface area contributed by atoms with Gasteiger partial charge in [0.2, 0.25) is 11.8 Å². The van der Waals surface area contributed by atoms with Gasteiger partial charge in [0, 0.05) is 6.54 Å². The number of imidazole rings is 2. The van der Waals surface area contributed by atoms with Crippen LogP contribution in [0, 0.1) is 11.8 Å². The van der Waals surface area contributed by atoms with E-state index in [9.17, 15) is 19.2 Å². The van der Waals surface area contributed by atoms with Crippen molar-refractivity contribution in [2.45, 2.75) is 77.0 Å². The number of carbonyl (C=O) groups is 4. The summed E-state index contributed by atoms with van der Waals surface area (Å²) in [4.78, 5) is 68.3. The van der Waals surface area contributed by atoms with E-state index in [2.05, 4.69) is 60.2 Å². The van der Waals surface area contributed by atoms with Crippen LogP contribution in [0.1, 0.15) is 71.1 Å². The Bertz CT molecular complexity index is 1930. The average molecular weight is 725 g/mol. The third-order valence-electron chi connectivity index (χ3n) is 10.1. The Morgan fingerprint density at radius 3 is 1.79 bits per heavy atom. The number of methoxy groups -OCH3 is 2. The van der Waals surface area contributed by atoms with Gasteiger partial charge in [0.25, 0.3) is 0 Å². The highest BCUT2D eigenvalue weighted by Crippen LogP contribution is 2.45. The standard InChI is InChI=1S/C39H48N8O6/c1-22(2)31(44-37(50)52-5)34(48)46-39(17-18-39)36-41-21-29(43-36)27-15-11-25(12-16-27)24-9-13-26(14-10-24)28-20-40-33(42-28)30-8-7-19-47(30)35(49)32(23(3)4)45-38(51)53-6/h9-16,20-23,30-32H,7-8,17-19H2,1-6H3,(H,40,42)(H,41,43)(H,44,50)(H,45,51)(H,46,48). The minimum Gasteiger partial charge on any atom is -0.453 e. The molecule has 3 atom stereocenters. The van der Waals surface area contributed by atoms with Gasteiger partial charge in [0.1, 0.15) is 23.7 Å². The highest BCUT2D eigenvalue weighted by molar-refractivity contribution is 5.87. The molecule has 2 aromatic carbocycles. The summed E-state index contributed by atoms with van der Waals surface area (Å²) in [5, 5.41) is 8.41. The first-order valence-corrected chi connectivity index (χ1v) is 18.1. The summed E-state index contributed by atoms with van der Waals surface area (Å²) in [5.74, 6) is 0.759. The lowest BCUT2D eigenvalue weighted by Crippen LogP contribution is -2.52. The fourth-order valence-electron chi connectivity index (χ4n) is 6.82. The lowest BCUT2D eigenvalue weighted by molar-refractivity contribution is -0.135. The molecule has 14 heteroatoms. The highest BCUT2D eigenvalue weighted by Gasteiger charge is 2.49. The summed E-state index contributed by atoms with van der Waals surface area (Å²) in [6.07, 6.45) is 5.42. The lowest BCUT2D eigenvalue weighted by atomic mass is 10.0. The number of rotatable bonds is 12. The maximum absolute atomic E-state index is 13.5. The Morgan fingerprint density at radius 2 is 1.26 bits per heavy atom. The molecule has 4 amide bonds. The van der Waals surface area contributed by atoms with Gasteiger partial charge in [0.05, 0.1) is 49.6 Å². The second-order valence-corrected chi connectivity index (χ2v) is 14.5. The van der Waals surface area contributed by atoms with Gasteiger partial charge in [-0.15, -0.1) is 0 Å². The predicted octanol–water partition coefficient (Wildman–Crippen LogP) is 5.66. The summed E-state index contributed by atoms with van der Waals surface area (Å²) in [6.45, 7) is 8.12. The molecule has 2 fully saturated rings. The van der Waals surface area contributed by atoms with Crippen LogP contribution in [0.25, 0.3) is 33.6 Å². The summed E-state index contributed by atoms with van der Waals surface area (Å²) in [5.41, 5.74) is 5.14. The molecule has 0 spiro atoms. The molecule has 5 N–H and O–H groups in total. The minimum atomic E-state index is -0.727. The number of alkyl carbamates (subject to hydrolysis) is 2. The van der Waals surface area contributed by atoms with Crippen LogP contribution in [0.3, 0.4) is 0 Å². The fraction of sp³-hybridized carbons (Fsp3) is 0.436. The maximum atomic E-state index is 13.5. The summed E-state index contributed by atoms with van der Waals surface area (Å²) in [7, 11) is 2.56. The number of aromatic amines is 2. The first kappa shape index (κ1) is 37.1. The third-order valence-corrected chi connectivity index (χ3v) is 10.1. The van der Waals surface area contributed by atoms with Crippen LogP contribution in [0.2, 0.25) is 0 Å². The van der Waals surface area contributed by atoms with E-state index in [1.807, 2.05) is 52.0 Å². The van der Waals surface area contributed by atoms with Crippen molar-refractivity contribution in [1.82, 2.24) is 40.8 Å². The van der Waals surface area contributed by atoms with Gasteiger partial charge in [-0.3, -0.25) is 9.59 Å². The van der Waals surface area contributed by atoms with Crippen molar-refractivity contribution < 1.29 is 28.7 Å². The summed E-state index contributed by atoms with van der Waals surface area (Å²) in [6, 6.07) is 14.8. The van der Waals surface area contributed by atoms with E-state index in [1.165, 1.54) is 14.2 Å². The molecule has 1 aliphatic heterocycles. The number of benzene rings is 2. The Labute approximate surface area is 308 Å². The Hall–Kier alpha value is -5.66. The second kappa shape index (κ2) is 15.5. The number of H-pyrrole nitrogens is 2. The molecule has 3 unspecified atom stereocenters. The zero-order valence-corrected chi connectivity index (χ0v) is 31.0. The van der Waals surface area contributed by atoms with E-state index in [0.29, 0.717) is 12.4 Å². The molecule has 1 saturated heterocycles. The van der Waals surface area contributed by atoms with E-state index in [4.69, 9.17) is 9.47 Å². The van der Waals surface area contributed by atoms with E-state index >= 15 is 0 Å². The number of hydrogen-bond acceptors (Lipinski definition) is 8. The largest absolute Gasteiger partial charge is 0.453 e. The molecular weight excluding hydrogens is 676 g/mol. The van der Waals surface area contributed by atoms with Crippen LogP contribution < -0.4 is 16.0 Å². The molecule has 53 heavy (non-hydrogen) atoms. The Kier molecular flexibility index (Phi) is 10.9. The summed E-state index contributed by atoms with van der Waals surface area (Å²) < 4.78 is 9.44. The van der Waals surface area contributed by atoms with Crippen molar-refractivity contribution in [2.75, 3.05) is 20.8 Å². The molecule has 4 aromatic rings. The number of hydrogen-bond donors (Lipinski definition) is 5. The van der Waals surface area contributed by atoms with Gasteiger partial charge in [-0.1, -0.05) is 76.2 Å². The van der Waals surface area contributed by atoms with Gasteiger partial charge in [-0.05, 0) is 59.8 Å². The van der Waals surface area contributed by atoms with E-state index < -0.39 is 29.8 Å². The molecule has 6 rings (SSSR count). The smallest absolute Gasteiger partial charge is 0.407 e. The monoisotopic (exact) mass is 724 g/mol. The van der Waals surface area contributed by atoms with Gasteiger partial charge < -0.3 is 40.3 Å². The van der Waals surface area contributed by atoms with Crippen molar-refractivity contribution in [3.05, 3.63) is 72.6 Å². The van der Waals surface area contributed by atoms with Gasteiger partial charge >= 0.3 is 12.2 Å². The molecule has 3 heterocycles. The summed E-state index contributed by atoms with van der Waals surface area (Å²) >= 11 is 0. The number of nitrogens with one attached hydrogen (secondary N) is 5. The number of amides is 4. The lowest BCUT2D eigenvalue weighted by Gasteiger charge is -2.30. The first-order valence-electron chi connectivity index (χ1n) is 18.1. The van der Waals surface area contributed by atoms with Crippen molar-refractivity contribution in [3.8, 4) is 33.6 Å². The molecule has 1 aliphatic carbocycles. The number of likely N-dealkylation sites (tertiary alicyclic amines) is 1. The maximum Gasteiger partial charge on any atom is 0.407 e. The van der Waals surface area contributed by atoms with Crippen molar-refractivity contribution in [1.29, 1.82) is 0 Å². The molecule has 0 bridgehead atoms. The molecule has 14 nitrogen and oxygen atoms in total. The van der Waals surface area contributed by atoms with Gasteiger partial charge in [-0.2, -0.15) is 0 Å². The quantitative estimate of drug-likeness (QED) is 0.124. The molecule has 0 radical (unpaired) electrons. The second-order valence-electron chi connectivity index (χ2n) is 14.5. The van der Waals surface area contributed by atoms with Crippen LogP contribution >= 0.6 is 0 Å². The minimum absolute atomic E-state index is 0.105. The van der Waals surface area contributed by atoms with E-state index in [1.54, 1.807) is 17.3 Å². The predicted molar refractivity (Wildman–Crippen MR) is 198 cm³/mol. The van der Waals surface area contributed by atoms with Crippen LogP contribution in [0.15, 0.2) is 60.9 Å². The molecule has 1 saturated carbocycles. The topological polar surface area (TPSA) is 183 Å². The number of carbonyl (C=O) groups excluding carboxylic acids is 4. The molecule has 2 aliphatic rings. The number of aromatic nitrogens is 4. The molecule has 280 valence electrons. The third kappa shape index (κ3) is 8.06.